The Morgan fingerprint density at radius 3 is 2.46 bits per heavy atom. The summed E-state index contributed by atoms with van der Waals surface area (Å²) in [7, 11) is 1.21. The predicted molar refractivity (Wildman–Crippen MR) is 84.4 cm³/mol. The van der Waals surface area contributed by atoms with Crippen molar-refractivity contribution in [3.63, 3.8) is 0 Å². The summed E-state index contributed by atoms with van der Waals surface area (Å²) >= 11 is 6.01. The van der Waals surface area contributed by atoms with E-state index in [-0.39, 0.29) is 47.0 Å². The average Bonchev–Trinajstić information content (AvgIpc) is 2.53. The number of phenols is 1. The summed E-state index contributed by atoms with van der Waals surface area (Å²) in [5.41, 5.74) is 0.318. The van der Waals surface area contributed by atoms with Crippen LogP contribution in [-0.2, 0) is 16.1 Å². The zero-order valence-electron chi connectivity index (χ0n) is 12.6. The third-order valence-electron chi connectivity index (χ3n) is 2.89. The molecule has 0 aliphatic heterocycles. The van der Waals surface area contributed by atoms with Gasteiger partial charge in [-0.25, -0.2) is 4.79 Å². The molecule has 128 valence electrons. The molecule has 1 aromatic heterocycles. The van der Waals surface area contributed by atoms with Gasteiger partial charge in [-0.1, -0.05) is 17.7 Å². The maximum atomic E-state index is 12.0. The largest absolute Gasteiger partial charge is 1.00 e. The van der Waals surface area contributed by atoms with Crippen molar-refractivity contribution in [3.05, 3.63) is 47.7 Å². The van der Waals surface area contributed by atoms with Crippen LogP contribution in [0.25, 0.3) is 0 Å². The summed E-state index contributed by atoms with van der Waals surface area (Å²) in [5.74, 6) is -0.562. The average molecular weight is 372 g/mol. The Hall–Kier alpha value is -2.51. The van der Waals surface area contributed by atoms with Crippen LogP contribution in [0.15, 0.2) is 42.7 Å². The van der Waals surface area contributed by atoms with Crippen LogP contribution in [0.2, 0.25) is 5.02 Å². The number of carbonyl (C=O) groups excluding carboxylic acids is 2. The molecule has 0 radical (unpaired) electrons. The van der Waals surface area contributed by atoms with Crippen molar-refractivity contribution < 1.29 is 36.4 Å². The standard InChI is InChI=1S/C15H14ClN3O4.ClH/c1-23-15(22)18-11-8-13(20)12(7-10(11)16)17-14(21)9-19-5-3-2-4-6-19;/h2-8H,9H2,1H3,(H2-,17,18,20,21,22);1H. The second kappa shape index (κ2) is 8.95. The van der Waals surface area contributed by atoms with Crippen molar-refractivity contribution in [2.45, 2.75) is 6.54 Å². The lowest BCUT2D eigenvalue weighted by molar-refractivity contribution is -0.684. The number of methoxy groups -OCH3 is 1. The fourth-order valence-electron chi connectivity index (χ4n) is 1.81. The van der Waals surface area contributed by atoms with Crippen LogP contribution in [0.1, 0.15) is 0 Å². The first-order valence-electron chi connectivity index (χ1n) is 6.61. The van der Waals surface area contributed by atoms with E-state index >= 15 is 0 Å². The lowest BCUT2D eigenvalue weighted by atomic mass is 10.2. The Morgan fingerprint density at radius 1 is 1.17 bits per heavy atom. The number of aromatic hydroxyl groups is 1. The van der Waals surface area contributed by atoms with Crippen LogP contribution in [0.3, 0.4) is 0 Å². The van der Waals surface area contributed by atoms with E-state index in [9.17, 15) is 14.7 Å². The van der Waals surface area contributed by atoms with Gasteiger partial charge in [0.05, 0.1) is 23.5 Å². The topological polar surface area (TPSA) is 91.5 Å². The SMILES string of the molecule is COC(=O)Nc1cc(O)c(NC(=O)C[n+]2ccccc2)cc1Cl.[Cl-]. The number of phenolic OH excluding ortho intramolecular Hbond substituents is 1. The van der Waals surface area contributed by atoms with Gasteiger partial charge in [0.25, 0.3) is 5.91 Å². The summed E-state index contributed by atoms with van der Waals surface area (Å²) in [6.45, 7) is 0.0834. The minimum Gasteiger partial charge on any atom is -1.00 e. The molecular formula is C15H15Cl2N3O4. The van der Waals surface area contributed by atoms with E-state index in [0.717, 1.165) is 0 Å². The number of benzene rings is 1. The van der Waals surface area contributed by atoms with Crippen LogP contribution in [0.4, 0.5) is 16.2 Å². The van der Waals surface area contributed by atoms with Crippen LogP contribution in [0.5, 0.6) is 5.75 Å². The number of nitrogens with zero attached hydrogens (tertiary/aromatic N) is 1. The molecule has 7 nitrogen and oxygen atoms in total. The molecule has 1 aromatic carbocycles. The van der Waals surface area contributed by atoms with E-state index in [1.807, 2.05) is 6.07 Å². The quantitative estimate of drug-likeness (QED) is 0.482. The molecule has 1 heterocycles. The molecule has 2 aromatic rings. The minimum absolute atomic E-state index is 0. The molecule has 0 bridgehead atoms. The van der Waals surface area contributed by atoms with Gasteiger partial charge < -0.3 is 27.6 Å². The smallest absolute Gasteiger partial charge is 0.411 e. The third-order valence-corrected chi connectivity index (χ3v) is 3.20. The normalized spacial score (nSPS) is 9.58. The highest BCUT2D eigenvalue weighted by molar-refractivity contribution is 6.34. The van der Waals surface area contributed by atoms with Gasteiger partial charge >= 0.3 is 6.09 Å². The molecule has 0 spiro atoms. The van der Waals surface area contributed by atoms with Crippen molar-refractivity contribution in [2.24, 2.45) is 0 Å². The highest BCUT2D eigenvalue weighted by Crippen LogP contribution is 2.33. The van der Waals surface area contributed by atoms with E-state index in [2.05, 4.69) is 15.4 Å². The number of hydrogen-bond donors (Lipinski definition) is 3. The van der Waals surface area contributed by atoms with Gasteiger partial charge in [0.1, 0.15) is 5.75 Å². The lowest BCUT2D eigenvalue weighted by Gasteiger charge is -2.11. The number of ether oxygens (including phenoxy) is 1. The maximum absolute atomic E-state index is 12.0. The first-order valence-corrected chi connectivity index (χ1v) is 6.99. The van der Waals surface area contributed by atoms with Gasteiger partial charge in [-0.05, 0) is 6.07 Å². The molecule has 0 aliphatic rings. The highest BCUT2D eigenvalue weighted by atomic mass is 35.5. The summed E-state index contributed by atoms with van der Waals surface area (Å²) in [4.78, 5) is 23.1. The molecule has 0 unspecified atom stereocenters. The number of amides is 2. The minimum atomic E-state index is -0.719. The molecule has 0 atom stereocenters. The van der Waals surface area contributed by atoms with E-state index in [1.54, 1.807) is 29.1 Å². The second-order valence-electron chi connectivity index (χ2n) is 4.56. The molecule has 9 heteroatoms. The zero-order chi connectivity index (χ0) is 16.8. The van der Waals surface area contributed by atoms with Crippen LogP contribution in [-0.4, -0.2) is 24.2 Å². The number of rotatable bonds is 4. The van der Waals surface area contributed by atoms with Gasteiger partial charge in [0, 0.05) is 18.2 Å². The van der Waals surface area contributed by atoms with E-state index in [4.69, 9.17) is 11.6 Å². The maximum Gasteiger partial charge on any atom is 0.411 e. The summed E-state index contributed by atoms with van der Waals surface area (Å²) in [6, 6.07) is 8.01. The van der Waals surface area contributed by atoms with Crippen molar-refractivity contribution in [2.75, 3.05) is 17.7 Å². The number of hydrogen-bond acceptors (Lipinski definition) is 4. The number of carbonyl (C=O) groups is 2. The fraction of sp³-hybridized carbons (Fsp3) is 0.133. The van der Waals surface area contributed by atoms with Gasteiger partial charge in [-0.3, -0.25) is 10.1 Å². The Morgan fingerprint density at radius 2 is 1.83 bits per heavy atom. The predicted octanol–water partition coefficient (Wildman–Crippen LogP) is -0.846. The van der Waals surface area contributed by atoms with E-state index < -0.39 is 6.09 Å². The third kappa shape index (κ3) is 5.29. The summed E-state index contributed by atoms with van der Waals surface area (Å²) in [6.07, 6.45) is 2.77. The molecule has 2 amide bonds. The Bertz CT molecular complexity index is 726. The first kappa shape index (κ1) is 19.5. The van der Waals surface area contributed by atoms with Gasteiger partial charge in [0.2, 0.25) is 6.54 Å². The lowest BCUT2D eigenvalue weighted by Crippen LogP contribution is -3.00. The number of nitrogens with one attached hydrogen (secondary N) is 2. The highest BCUT2D eigenvalue weighted by Gasteiger charge is 2.15. The second-order valence-corrected chi connectivity index (χ2v) is 4.97. The van der Waals surface area contributed by atoms with E-state index in [1.165, 1.54) is 19.2 Å². The Labute approximate surface area is 149 Å². The van der Waals surface area contributed by atoms with Gasteiger partial charge in [0.15, 0.2) is 12.4 Å². The van der Waals surface area contributed by atoms with Crippen molar-refractivity contribution >= 4 is 35.0 Å². The first-order chi connectivity index (χ1) is 11.0. The van der Waals surface area contributed by atoms with Gasteiger partial charge in [-0.2, -0.15) is 4.57 Å². The number of aromatic nitrogens is 1. The van der Waals surface area contributed by atoms with Crippen LogP contribution < -0.4 is 27.6 Å². The molecule has 0 aliphatic carbocycles. The van der Waals surface area contributed by atoms with Crippen molar-refractivity contribution in [3.8, 4) is 5.75 Å². The number of pyridine rings is 1. The molecule has 2 rings (SSSR count). The molecule has 3 N–H and O–H groups in total. The Balaban J connectivity index is 0.00000288. The number of halogens is 2. The van der Waals surface area contributed by atoms with E-state index in [0.29, 0.717) is 0 Å². The monoisotopic (exact) mass is 371 g/mol. The molecule has 24 heavy (non-hydrogen) atoms. The summed E-state index contributed by atoms with van der Waals surface area (Å²) < 4.78 is 6.13. The van der Waals surface area contributed by atoms with Crippen molar-refractivity contribution in [1.29, 1.82) is 0 Å². The fourth-order valence-corrected chi connectivity index (χ4v) is 2.02. The van der Waals surface area contributed by atoms with Crippen LogP contribution >= 0.6 is 11.6 Å². The molecule has 0 fully saturated rings. The van der Waals surface area contributed by atoms with Gasteiger partial charge in [-0.15, -0.1) is 0 Å². The van der Waals surface area contributed by atoms with Crippen LogP contribution in [0, 0.1) is 0 Å². The zero-order valence-corrected chi connectivity index (χ0v) is 14.1. The molecule has 0 saturated heterocycles. The number of anilines is 2. The molecule has 0 saturated carbocycles. The van der Waals surface area contributed by atoms with Crippen molar-refractivity contribution in [1.82, 2.24) is 0 Å². The Kier molecular flexibility index (Phi) is 7.29. The molecular weight excluding hydrogens is 357 g/mol. The summed E-state index contributed by atoms with van der Waals surface area (Å²) in [5, 5.41) is 15.0.